The first-order chi connectivity index (χ1) is 10.0. The highest BCUT2D eigenvalue weighted by molar-refractivity contribution is 6.30. The first-order valence-corrected chi connectivity index (χ1v) is 7.22. The van der Waals surface area contributed by atoms with E-state index in [1.54, 1.807) is 24.3 Å². The number of hydrogen-bond donors (Lipinski definition) is 1. The lowest BCUT2D eigenvalue weighted by Crippen LogP contribution is -2.22. The van der Waals surface area contributed by atoms with Gasteiger partial charge in [0.15, 0.2) is 0 Å². The molecule has 0 aromatic heterocycles. The molecule has 0 unspecified atom stereocenters. The average Bonchev–Trinajstić information content (AvgIpc) is 2.46. The van der Waals surface area contributed by atoms with Crippen LogP contribution in [-0.4, -0.2) is 12.0 Å². The Balaban J connectivity index is 1.90. The second kappa shape index (κ2) is 7.14. The molecule has 0 spiro atoms. The summed E-state index contributed by atoms with van der Waals surface area (Å²) in [7, 11) is 0. The largest absolute Gasteiger partial charge is 0.491 e. The lowest BCUT2D eigenvalue weighted by Gasteiger charge is -2.10. The van der Waals surface area contributed by atoms with E-state index in [4.69, 9.17) is 16.3 Å². The lowest BCUT2D eigenvalue weighted by molar-refractivity contribution is 0.0951. The van der Waals surface area contributed by atoms with Gasteiger partial charge in [0.1, 0.15) is 5.75 Å². The summed E-state index contributed by atoms with van der Waals surface area (Å²) in [6.45, 7) is 4.45. The van der Waals surface area contributed by atoms with Gasteiger partial charge in [-0.1, -0.05) is 23.7 Å². The van der Waals surface area contributed by atoms with Crippen LogP contribution in [-0.2, 0) is 6.54 Å². The summed E-state index contributed by atoms with van der Waals surface area (Å²) in [5, 5.41) is 3.49. The van der Waals surface area contributed by atoms with Crippen molar-refractivity contribution in [2.75, 3.05) is 0 Å². The third-order valence-electron chi connectivity index (χ3n) is 2.85. The number of benzene rings is 2. The number of carbonyl (C=O) groups is 1. The molecule has 0 heterocycles. The maximum atomic E-state index is 12.0. The minimum absolute atomic E-state index is 0.117. The molecule has 3 nitrogen and oxygen atoms in total. The molecule has 0 saturated carbocycles. The molecule has 2 aromatic carbocycles. The number of amides is 1. The molecular weight excluding hydrogens is 286 g/mol. The summed E-state index contributed by atoms with van der Waals surface area (Å²) in [5.41, 5.74) is 1.62. The predicted molar refractivity (Wildman–Crippen MR) is 84.8 cm³/mol. The van der Waals surface area contributed by atoms with Crippen molar-refractivity contribution in [3.63, 3.8) is 0 Å². The van der Waals surface area contributed by atoms with Crippen molar-refractivity contribution in [1.29, 1.82) is 0 Å². The van der Waals surface area contributed by atoms with Gasteiger partial charge in [-0.25, -0.2) is 0 Å². The van der Waals surface area contributed by atoms with Gasteiger partial charge in [-0.3, -0.25) is 4.79 Å². The number of halogens is 1. The van der Waals surface area contributed by atoms with Crippen LogP contribution >= 0.6 is 11.6 Å². The van der Waals surface area contributed by atoms with Crippen LogP contribution in [0.4, 0.5) is 0 Å². The summed E-state index contributed by atoms with van der Waals surface area (Å²) < 4.78 is 5.58. The van der Waals surface area contributed by atoms with Crippen LogP contribution < -0.4 is 10.1 Å². The molecule has 110 valence electrons. The topological polar surface area (TPSA) is 38.3 Å². The second-order valence-corrected chi connectivity index (χ2v) is 5.44. The summed E-state index contributed by atoms with van der Waals surface area (Å²) in [5.74, 6) is 0.715. The Morgan fingerprint density at radius 1 is 1.10 bits per heavy atom. The molecule has 0 saturated heterocycles. The highest BCUT2D eigenvalue weighted by atomic mass is 35.5. The van der Waals surface area contributed by atoms with Crippen LogP contribution in [0.1, 0.15) is 29.8 Å². The first kappa shape index (κ1) is 15.4. The SMILES string of the molecule is CC(C)Oc1ccc(CNC(=O)c2ccc(Cl)cc2)cc1. The molecule has 2 rings (SSSR count). The highest BCUT2D eigenvalue weighted by Gasteiger charge is 2.05. The summed E-state index contributed by atoms with van der Waals surface area (Å²) in [6, 6.07) is 14.5. The highest BCUT2D eigenvalue weighted by Crippen LogP contribution is 2.14. The monoisotopic (exact) mass is 303 g/mol. The fraction of sp³-hybridized carbons (Fsp3) is 0.235. The Hall–Kier alpha value is -2.00. The molecule has 0 atom stereocenters. The van der Waals surface area contributed by atoms with E-state index in [9.17, 15) is 4.79 Å². The van der Waals surface area contributed by atoms with Gasteiger partial charge in [0.05, 0.1) is 6.10 Å². The summed E-state index contributed by atoms with van der Waals surface area (Å²) >= 11 is 5.80. The number of nitrogens with one attached hydrogen (secondary N) is 1. The van der Waals surface area contributed by atoms with Crippen LogP contribution in [0, 0.1) is 0 Å². The summed E-state index contributed by atoms with van der Waals surface area (Å²) in [6.07, 6.45) is 0.153. The molecule has 0 fully saturated rings. The van der Waals surface area contributed by atoms with E-state index in [0.717, 1.165) is 11.3 Å². The maximum Gasteiger partial charge on any atom is 0.251 e. The van der Waals surface area contributed by atoms with Crippen molar-refractivity contribution < 1.29 is 9.53 Å². The quantitative estimate of drug-likeness (QED) is 0.904. The zero-order chi connectivity index (χ0) is 15.2. The molecule has 4 heteroatoms. The molecule has 0 bridgehead atoms. The molecule has 1 N–H and O–H groups in total. The smallest absolute Gasteiger partial charge is 0.251 e. The standard InChI is InChI=1S/C17H18ClNO2/c1-12(2)21-16-9-3-13(4-10-16)11-19-17(20)14-5-7-15(18)8-6-14/h3-10,12H,11H2,1-2H3,(H,19,20). The third kappa shape index (κ3) is 4.80. The average molecular weight is 304 g/mol. The Kier molecular flexibility index (Phi) is 5.23. The maximum absolute atomic E-state index is 12.0. The van der Waals surface area contributed by atoms with E-state index in [1.807, 2.05) is 38.1 Å². The molecule has 0 aliphatic heterocycles. The van der Waals surface area contributed by atoms with Gasteiger partial charge in [-0.15, -0.1) is 0 Å². The molecule has 0 radical (unpaired) electrons. The molecule has 1 amide bonds. The molecule has 2 aromatic rings. The van der Waals surface area contributed by atoms with Gasteiger partial charge >= 0.3 is 0 Å². The predicted octanol–water partition coefficient (Wildman–Crippen LogP) is 4.06. The Morgan fingerprint density at radius 3 is 2.29 bits per heavy atom. The first-order valence-electron chi connectivity index (χ1n) is 6.84. The summed E-state index contributed by atoms with van der Waals surface area (Å²) in [4.78, 5) is 12.0. The zero-order valence-electron chi connectivity index (χ0n) is 12.1. The fourth-order valence-electron chi connectivity index (χ4n) is 1.84. The van der Waals surface area contributed by atoms with Crippen molar-refractivity contribution in [1.82, 2.24) is 5.32 Å². The van der Waals surface area contributed by atoms with Crippen LogP contribution in [0.3, 0.4) is 0 Å². The minimum atomic E-state index is -0.117. The molecular formula is C17H18ClNO2. The number of hydrogen-bond acceptors (Lipinski definition) is 2. The van der Waals surface area contributed by atoms with Crippen LogP contribution in [0.15, 0.2) is 48.5 Å². The van der Waals surface area contributed by atoms with Gasteiger partial charge in [0.2, 0.25) is 0 Å². The van der Waals surface area contributed by atoms with Crippen molar-refractivity contribution >= 4 is 17.5 Å². The normalized spacial score (nSPS) is 10.5. The van der Waals surface area contributed by atoms with Crippen molar-refractivity contribution in [3.05, 3.63) is 64.7 Å². The van der Waals surface area contributed by atoms with E-state index in [2.05, 4.69) is 5.32 Å². The van der Waals surface area contributed by atoms with Gasteiger partial charge in [-0.05, 0) is 55.8 Å². The van der Waals surface area contributed by atoms with Gasteiger partial charge < -0.3 is 10.1 Å². The fourth-order valence-corrected chi connectivity index (χ4v) is 1.97. The zero-order valence-corrected chi connectivity index (χ0v) is 12.9. The van der Waals surface area contributed by atoms with Gasteiger partial charge in [-0.2, -0.15) is 0 Å². The van der Waals surface area contributed by atoms with E-state index >= 15 is 0 Å². The van der Waals surface area contributed by atoms with Crippen LogP contribution in [0.2, 0.25) is 5.02 Å². The second-order valence-electron chi connectivity index (χ2n) is 5.00. The third-order valence-corrected chi connectivity index (χ3v) is 3.11. The van der Waals surface area contributed by atoms with E-state index < -0.39 is 0 Å². The Labute approximate surface area is 129 Å². The minimum Gasteiger partial charge on any atom is -0.491 e. The van der Waals surface area contributed by atoms with Crippen molar-refractivity contribution in [2.45, 2.75) is 26.5 Å². The van der Waals surface area contributed by atoms with E-state index in [-0.39, 0.29) is 12.0 Å². The van der Waals surface area contributed by atoms with E-state index in [0.29, 0.717) is 17.1 Å². The van der Waals surface area contributed by atoms with E-state index in [1.165, 1.54) is 0 Å². The number of rotatable bonds is 5. The molecule has 0 aliphatic rings. The van der Waals surface area contributed by atoms with Crippen LogP contribution in [0.25, 0.3) is 0 Å². The van der Waals surface area contributed by atoms with Gasteiger partial charge in [0, 0.05) is 17.1 Å². The molecule has 21 heavy (non-hydrogen) atoms. The Bertz CT molecular complexity index is 591. The van der Waals surface area contributed by atoms with Gasteiger partial charge in [0.25, 0.3) is 5.91 Å². The number of carbonyl (C=O) groups excluding carboxylic acids is 1. The van der Waals surface area contributed by atoms with Crippen molar-refractivity contribution in [3.8, 4) is 5.75 Å². The molecule has 0 aliphatic carbocycles. The van der Waals surface area contributed by atoms with Crippen molar-refractivity contribution in [2.24, 2.45) is 0 Å². The van der Waals surface area contributed by atoms with Crippen LogP contribution in [0.5, 0.6) is 5.75 Å². The Morgan fingerprint density at radius 2 is 1.71 bits per heavy atom. The lowest BCUT2D eigenvalue weighted by atomic mass is 10.2. The number of ether oxygens (including phenoxy) is 1.